The number of carboxylic acids is 1. The minimum atomic E-state index is -0.925. The van der Waals surface area contributed by atoms with Crippen LogP contribution in [0, 0.1) is 0 Å². The molecule has 8 nitrogen and oxygen atoms in total. The molecule has 0 radical (unpaired) electrons. The highest BCUT2D eigenvalue weighted by atomic mass is 35.5. The topological polar surface area (TPSA) is 89.0 Å². The second kappa shape index (κ2) is 9.80. The van der Waals surface area contributed by atoms with Gasteiger partial charge in [-0.1, -0.05) is 12.1 Å². The molecule has 2 amide bonds. The van der Waals surface area contributed by atoms with E-state index in [-0.39, 0.29) is 25.0 Å². The number of piperazine rings is 1. The van der Waals surface area contributed by atoms with Crippen molar-refractivity contribution in [1.82, 2.24) is 9.88 Å². The van der Waals surface area contributed by atoms with Gasteiger partial charge in [-0.15, -0.1) is 12.4 Å². The molecule has 2 aromatic rings. The fraction of sp³-hybridized carbons (Fsp3) is 0.316. The average Bonchev–Trinajstić information content (AvgIpc) is 2.68. The Morgan fingerprint density at radius 3 is 2.39 bits per heavy atom. The van der Waals surface area contributed by atoms with Gasteiger partial charge in [-0.25, -0.2) is 4.79 Å². The molecule has 1 fully saturated rings. The van der Waals surface area contributed by atoms with Gasteiger partial charge < -0.3 is 25.1 Å². The molecule has 3 rings (SSSR count). The van der Waals surface area contributed by atoms with Gasteiger partial charge in [0.15, 0.2) is 0 Å². The molecule has 28 heavy (non-hydrogen) atoms. The Morgan fingerprint density at radius 2 is 1.75 bits per heavy atom. The van der Waals surface area contributed by atoms with Crippen LogP contribution in [0.5, 0.6) is 0 Å². The number of anilines is 3. The molecular formula is C19H24ClN5O3. The molecule has 0 aliphatic carbocycles. The Bertz CT molecular complexity index is 797. The van der Waals surface area contributed by atoms with Gasteiger partial charge in [-0.3, -0.25) is 9.78 Å². The van der Waals surface area contributed by atoms with Crippen molar-refractivity contribution in [1.29, 1.82) is 0 Å². The average molecular weight is 406 g/mol. The number of hydrogen-bond acceptors (Lipinski definition) is 5. The number of nitrogens with one attached hydrogen (secondary N) is 1. The molecule has 150 valence electrons. The van der Waals surface area contributed by atoms with E-state index in [1.807, 2.05) is 24.3 Å². The van der Waals surface area contributed by atoms with Crippen LogP contribution in [0.25, 0.3) is 0 Å². The van der Waals surface area contributed by atoms with Crippen molar-refractivity contribution in [2.45, 2.75) is 0 Å². The number of amides is 2. The van der Waals surface area contributed by atoms with Gasteiger partial charge in [0, 0.05) is 51.3 Å². The summed E-state index contributed by atoms with van der Waals surface area (Å²) in [7, 11) is 1.69. The number of likely N-dealkylation sites (N-methyl/N-ethyl adjacent to an activating group) is 1. The third-order valence-corrected chi connectivity index (χ3v) is 4.52. The molecule has 1 aromatic heterocycles. The summed E-state index contributed by atoms with van der Waals surface area (Å²) in [6.07, 6.45) is 3.53. The first-order valence-electron chi connectivity index (χ1n) is 8.77. The summed E-state index contributed by atoms with van der Waals surface area (Å²) in [4.78, 5) is 33.2. The molecule has 0 atom stereocenters. The summed E-state index contributed by atoms with van der Waals surface area (Å²) in [5.74, 6) is -0.925. The number of aliphatic carboxylic acids is 1. The van der Waals surface area contributed by atoms with Crippen LogP contribution >= 0.6 is 12.4 Å². The number of urea groups is 1. The van der Waals surface area contributed by atoms with E-state index >= 15 is 0 Å². The van der Waals surface area contributed by atoms with Crippen LogP contribution in [0.1, 0.15) is 0 Å². The Kier molecular flexibility index (Phi) is 7.45. The van der Waals surface area contributed by atoms with E-state index in [4.69, 9.17) is 5.11 Å². The van der Waals surface area contributed by atoms with Gasteiger partial charge in [0.1, 0.15) is 6.54 Å². The van der Waals surface area contributed by atoms with Gasteiger partial charge in [0.25, 0.3) is 0 Å². The molecule has 0 unspecified atom stereocenters. The number of pyridine rings is 1. The van der Waals surface area contributed by atoms with Crippen LogP contribution in [-0.2, 0) is 4.79 Å². The number of halogens is 1. The molecule has 2 heterocycles. The molecular weight excluding hydrogens is 382 g/mol. The van der Waals surface area contributed by atoms with Gasteiger partial charge in [-0.2, -0.15) is 0 Å². The maximum atomic E-state index is 12.7. The maximum Gasteiger partial charge on any atom is 0.323 e. The van der Waals surface area contributed by atoms with Crippen LogP contribution in [-0.4, -0.2) is 66.8 Å². The first kappa shape index (κ1) is 21.3. The minimum Gasteiger partial charge on any atom is -0.480 e. The largest absolute Gasteiger partial charge is 0.480 e. The lowest BCUT2D eigenvalue weighted by atomic mass is 10.2. The summed E-state index contributed by atoms with van der Waals surface area (Å²) in [5, 5.41) is 11.9. The highest BCUT2D eigenvalue weighted by molar-refractivity contribution is 5.94. The molecule has 1 aromatic carbocycles. The van der Waals surface area contributed by atoms with E-state index in [1.165, 1.54) is 0 Å². The molecule has 9 heteroatoms. The molecule has 0 bridgehead atoms. The van der Waals surface area contributed by atoms with Crippen LogP contribution < -0.4 is 15.1 Å². The van der Waals surface area contributed by atoms with Gasteiger partial charge in [-0.05, 0) is 24.3 Å². The predicted octanol–water partition coefficient (Wildman–Crippen LogP) is 2.38. The molecule has 1 saturated heterocycles. The number of carboxylic acid groups (broad SMARTS) is 1. The third-order valence-electron chi connectivity index (χ3n) is 4.52. The highest BCUT2D eigenvalue weighted by Gasteiger charge is 2.22. The van der Waals surface area contributed by atoms with Crippen LogP contribution in [0.4, 0.5) is 21.9 Å². The number of para-hydroxylation sites is 2. The van der Waals surface area contributed by atoms with Crippen LogP contribution in [0.3, 0.4) is 0 Å². The summed E-state index contributed by atoms with van der Waals surface area (Å²) < 4.78 is 0. The Labute approximate surface area is 170 Å². The Balaban J connectivity index is 0.00000280. The van der Waals surface area contributed by atoms with E-state index in [2.05, 4.69) is 15.2 Å². The lowest BCUT2D eigenvalue weighted by molar-refractivity contribution is -0.135. The normalized spacial score (nSPS) is 13.5. The van der Waals surface area contributed by atoms with E-state index in [1.54, 1.807) is 41.4 Å². The fourth-order valence-corrected chi connectivity index (χ4v) is 3.12. The smallest absolute Gasteiger partial charge is 0.323 e. The first-order chi connectivity index (χ1) is 13.0. The SMILES string of the molecule is CN(CC(=O)O)c1ccccc1NC(=O)N1CCN(c2ccncc2)CC1.Cl. The number of hydrogen-bond donors (Lipinski definition) is 2. The monoisotopic (exact) mass is 405 g/mol. The van der Waals surface area contributed by atoms with E-state index < -0.39 is 5.97 Å². The molecule has 2 N–H and O–H groups in total. The van der Waals surface area contributed by atoms with E-state index in [9.17, 15) is 9.59 Å². The lowest BCUT2D eigenvalue weighted by Gasteiger charge is -2.36. The number of carbonyl (C=O) groups is 2. The quantitative estimate of drug-likeness (QED) is 0.793. The second-order valence-corrected chi connectivity index (χ2v) is 6.38. The van der Waals surface area contributed by atoms with Crippen LogP contribution in [0.15, 0.2) is 48.8 Å². The van der Waals surface area contributed by atoms with E-state index in [0.717, 1.165) is 18.8 Å². The molecule has 0 saturated carbocycles. The number of nitrogens with zero attached hydrogens (tertiary/aromatic N) is 4. The first-order valence-corrected chi connectivity index (χ1v) is 8.77. The van der Waals surface area contributed by atoms with Gasteiger partial charge in [0.2, 0.25) is 0 Å². The maximum absolute atomic E-state index is 12.7. The van der Waals surface area contributed by atoms with Gasteiger partial charge in [0.05, 0.1) is 11.4 Å². The number of aromatic nitrogens is 1. The predicted molar refractivity (Wildman–Crippen MR) is 112 cm³/mol. The Morgan fingerprint density at radius 1 is 1.11 bits per heavy atom. The van der Waals surface area contributed by atoms with Crippen molar-refractivity contribution in [3.8, 4) is 0 Å². The third kappa shape index (κ3) is 5.26. The standard InChI is InChI=1S/C19H23N5O3.ClH/c1-22(14-18(25)26)17-5-3-2-4-16(17)21-19(27)24-12-10-23(11-13-24)15-6-8-20-9-7-15;/h2-9H,10-14H2,1H3,(H,21,27)(H,25,26);1H. The Hall–Kier alpha value is -3.00. The number of benzene rings is 1. The minimum absolute atomic E-state index is 0. The van der Waals surface area contributed by atoms with Crippen molar-refractivity contribution in [3.05, 3.63) is 48.8 Å². The zero-order valence-corrected chi connectivity index (χ0v) is 16.4. The molecule has 1 aliphatic rings. The van der Waals surface area contributed by atoms with Crippen molar-refractivity contribution in [2.75, 3.05) is 54.9 Å². The summed E-state index contributed by atoms with van der Waals surface area (Å²) in [6, 6.07) is 10.9. The molecule has 0 spiro atoms. The second-order valence-electron chi connectivity index (χ2n) is 6.38. The van der Waals surface area contributed by atoms with E-state index in [0.29, 0.717) is 24.5 Å². The van der Waals surface area contributed by atoms with Crippen molar-refractivity contribution >= 4 is 41.5 Å². The van der Waals surface area contributed by atoms with Crippen molar-refractivity contribution in [3.63, 3.8) is 0 Å². The van der Waals surface area contributed by atoms with Gasteiger partial charge >= 0.3 is 12.0 Å². The number of rotatable bonds is 5. The van der Waals surface area contributed by atoms with Crippen LogP contribution in [0.2, 0.25) is 0 Å². The zero-order valence-electron chi connectivity index (χ0n) is 15.6. The summed E-state index contributed by atoms with van der Waals surface area (Å²) in [5.41, 5.74) is 2.37. The highest BCUT2D eigenvalue weighted by Crippen LogP contribution is 2.25. The lowest BCUT2D eigenvalue weighted by Crippen LogP contribution is -2.50. The van der Waals surface area contributed by atoms with Crippen molar-refractivity contribution in [2.24, 2.45) is 0 Å². The molecule has 1 aliphatic heterocycles. The summed E-state index contributed by atoms with van der Waals surface area (Å²) in [6.45, 7) is 2.58. The zero-order chi connectivity index (χ0) is 19.2. The fourth-order valence-electron chi connectivity index (χ4n) is 3.12. The summed E-state index contributed by atoms with van der Waals surface area (Å²) >= 11 is 0. The van der Waals surface area contributed by atoms with Crippen molar-refractivity contribution < 1.29 is 14.7 Å². The number of carbonyl (C=O) groups excluding carboxylic acids is 1.